The zero-order chi connectivity index (χ0) is 36.7. The van der Waals surface area contributed by atoms with E-state index in [0.29, 0.717) is 52.4 Å². The molecule has 0 aromatic heterocycles. The molecule has 2 aromatic carbocycles. The van der Waals surface area contributed by atoms with Crippen LogP contribution in [0.5, 0.6) is 0 Å². The first-order valence-corrected chi connectivity index (χ1v) is 16.5. The van der Waals surface area contributed by atoms with Crippen LogP contribution in [0, 0.1) is 0 Å². The third kappa shape index (κ3) is 18.9. The fourth-order valence-electron chi connectivity index (χ4n) is 4.95. The summed E-state index contributed by atoms with van der Waals surface area (Å²) in [6, 6.07) is 17.7. The topological polar surface area (TPSA) is 218 Å². The van der Waals surface area contributed by atoms with Crippen molar-refractivity contribution in [1.29, 1.82) is 0 Å². The fraction of sp³-hybridized carbons (Fsp3) is 0.500. The third-order valence-electron chi connectivity index (χ3n) is 7.75. The van der Waals surface area contributed by atoms with Gasteiger partial charge >= 0.3 is 17.9 Å². The maximum atomic E-state index is 12.8. The Morgan fingerprint density at radius 3 is 1.42 bits per heavy atom. The van der Waals surface area contributed by atoms with E-state index in [2.05, 4.69) is 42.0 Å². The summed E-state index contributed by atoms with van der Waals surface area (Å²) in [7, 11) is 0. The van der Waals surface area contributed by atoms with Crippen LogP contribution in [0.4, 0.5) is 0 Å². The van der Waals surface area contributed by atoms with Crippen molar-refractivity contribution in [2.24, 2.45) is 5.73 Å². The molecule has 0 spiro atoms. The first-order valence-electron chi connectivity index (χ1n) is 16.5. The van der Waals surface area contributed by atoms with Crippen LogP contribution in [-0.2, 0) is 48.4 Å². The number of aliphatic carboxylic acids is 3. The molecule has 0 aliphatic carbocycles. The van der Waals surface area contributed by atoms with E-state index in [4.69, 9.17) is 10.6 Å². The Balaban J connectivity index is 0.000000946. The predicted octanol–water partition coefficient (Wildman–Crippen LogP) is -0.466. The lowest BCUT2D eigenvalue weighted by Crippen LogP contribution is -2.49. The molecule has 50 heavy (non-hydrogen) atoms. The van der Waals surface area contributed by atoms with Crippen molar-refractivity contribution >= 4 is 29.7 Å². The van der Waals surface area contributed by atoms with Crippen molar-refractivity contribution in [3.05, 3.63) is 71.3 Å². The van der Waals surface area contributed by atoms with Gasteiger partial charge in [-0.3, -0.25) is 48.4 Å². The van der Waals surface area contributed by atoms with Crippen molar-refractivity contribution in [3.8, 4) is 0 Å². The second-order valence-electron chi connectivity index (χ2n) is 11.7. The number of amides is 2. The number of carbonyl (C=O) groups excluding carboxylic acids is 2. The van der Waals surface area contributed by atoms with Gasteiger partial charge in [0.2, 0.25) is 5.91 Å². The molecular weight excluding hydrogens is 650 g/mol. The van der Waals surface area contributed by atoms with Crippen LogP contribution in [0.25, 0.3) is 0 Å². The number of nitrogens with zero attached hydrogens (tertiary/aromatic N) is 4. The van der Waals surface area contributed by atoms with Crippen LogP contribution in [-0.4, -0.2) is 150 Å². The van der Waals surface area contributed by atoms with Gasteiger partial charge in [-0.2, -0.15) is 0 Å². The molecule has 3 rings (SSSR count). The summed E-state index contributed by atoms with van der Waals surface area (Å²) in [6.07, 6.45) is 1.14. The molecule has 0 atom stereocenters. The molecule has 0 bridgehead atoms. The molecule has 1 aliphatic rings. The summed E-state index contributed by atoms with van der Waals surface area (Å²) in [5.41, 5.74) is 10.5. The first-order chi connectivity index (χ1) is 24.0. The average molecular weight is 702 g/mol. The lowest BCUT2D eigenvalue weighted by molar-refractivity contribution is -0.140. The summed E-state index contributed by atoms with van der Waals surface area (Å²) in [4.78, 5) is 70.1. The number of carbonyl (C=O) groups is 5. The number of carboxylic acid groups (broad SMARTS) is 3. The lowest BCUT2D eigenvalue weighted by Gasteiger charge is -2.32. The van der Waals surface area contributed by atoms with Crippen LogP contribution >= 0.6 is 0 Å². The second-order valence-corrected chi connectivity index (χ2v) is 11.7. The highest BCUT2D eigenvalue weighted by atomic mass is 16.6. The molecule has 0 saturated carbocycles. The van der Waals surface area contributed by atoms with Gasteiger partial charge in [-0.25, -0.2) is 5.48 Å². The Morgan fingerprint density at radius 2 is 1.04 bits per heavy atom. The highest BCUT2D eigenvalue weighted by Gasteiger charge is 2.21. The Hall–Kier alpha value is -4.45. The molecule has 7 N–H and O–H groups in total. The van der Waals surface area contributed by atoms with E-state index in [9.17, 15) is 39.3 Å². The fourth-order valence-corrected chi connectivity index (χ4v) is 4.95. The van der Waals surface area contributed by atoms with Gasteiger partial charge in [0.25, 0.3) is 5.91 Å². The summed E-state index contributed by atoms with van der Waals surface area (Å²) in [6.45, 7) is 4.32. The minimum absolute atomic E-state index is 0.0275. The molecule has 1 saturated heterocycles. The summed E-state index contributed by atoms with van der Waals surface area (Å²) >= 11 is 0. The highest BCUT2D eigenvalue weighted by molar-refractivity contribution is 5.78. The van der Waals surface area contributed by atoms with Gasteiger partial charge in [0.05, 0.1) is 39.3 Å². The Bertz CT molecular complexity index is 1300. The van der Waals surface area contributed by atoms with Gasteiger partial charge in [-0.15, -0.1) is 0 Å². The molecule has 1 aliphatic heterocycles. The minimum atomic E-state index is -1.02. The van der Waals surface area contributed by atoms with E-state index >= 15 is 0 Å². The summed E-state index contributed by atoms with van der Waals surface area (Å²) < 4.78 is 0. The van der Waals surface area contributed by atoms with Gasteiger partial charge in [0.15, 0.2) is 0 Å². The summed E-state index contributed by atoms with van der Waals surface area (Å²) in [5, 5.41) is 30.8. The monoisotopic (exact) mass is 701 g/mol. The second kappa shape index (κ2) is 23.8. The SMILES string of the molecule is CCc1ccccc1.NCC(=O)NOCc1ccc(CNC(=O)CN2CCN(CC(=O)O)CCN(CC(=O)O)CCN(CC(=O)O)CC2)cc1. The van der Waals surface area contributed by atoms with Gasteiger partial charge < -0.3 is 26.4 Å². The molecule has 1 fully saturated rings. The number of benzene rings is 2. The highest BCUT2D eigenvalue weighted by Crippen LogP contribution is 2.06. The van der Waals surface area contributed by atoms with Gasteiger partial charge in [0, 0.05) is 58.9 Å². The third-order valence-corrected chi connectivity index (χ3v) is 7.75. The van der Waals surface area contributed by atoms with E-state index in [1.807, 2.05) is 23.1 Å². The van der Waals surface area contributed by atoms with Crippen LogP contribution < -0.4 is 16.5 Å². The number of hydrogen-bond donors (Lipinski definition) is 6. The standard InChI is InChI=1S/C26H41N7O9.C8H10/c27-13-22(34)29-42-19-21-3-1-20(2-4-21)14-28-23(35)15-30-5-7-31(16-24(36)37)9-11-33(18-26(40)41)12-10-32(8-6-30)17-25(38)39;1-2-8-6-4-3-5-7-8/h1-4H,5-19,27H2,(H,28,35)(H,29,34)(H,36,37)(H,38,39)(H,40,41);3-7H,2H2,1H3. The van der Waals surface area contributed by atoms with Gasteiger partial charge in [-0.05, 0) is 23.1 Å². The molecule has 16 nitrogen and oxygen atoms in total. The molecule has 0 radical (unpaired) electrons. The van der Waals surface area contributed by atoms with Crippen LogP contribution in [0.3, 0.4) is 0 Å². The van der Waals surface area contributed by atoms with E-state index in [0.717, 1.165) is 17.5 Å². The number of carboxylic acids is 3. The van der Waals surface area contributed by atoms with E-state index in [-0.39, 0.29) is 51.8 Å². The normalized spacial score (nSPS) is 15.4. The van der Waals surface area contributed by atoms with Crippen molar-refractivity contribution in [2.75, 3.05) is 85.1 Å². The number of rotatable bonds is 15. The van der Waals surface area contributed by atoms with Crippen LogP contribution in [0.1, 0.15) is 23.6 Å². The Labute approximate surface area is 292 Å². The number of aryl methyl sites for hydroxylation is 1. The zero-order valence-corrected chi connectivity index (χ0v) is 28.7. The predicted molar refractivity (Wildman–Crippen MR) is 185 cm³/mol. The van der Waals surface area contributed by atoms with Crippen molar-refractivity contribution in [1.82, 2.24) is 30.4 Å². The minimum Gasteiger partial charge on any atom is -0.480 e. The maximum absolute atomic E-state index is 12.8. The van der Waals surface area contributed by atoms with Crippen molar-refractivity contribution in [3.63, 3.8) is 0 Å². The lowest BCUT2D eigenvalue weighted by atomic mass is 10.1. The number of hydrogen-bond acceptors (Lipinski definition) is 11. The molecule has 276 valence electrons. The average Bonchev–Trinajstić information content (AvgIpc) is 3.09. The van der Waals surface area contributed by atoms with Crippen molar-refractivity contribution < 1.29 is 44.1 Å². The summed E-state index contributed by atoms with van der Waals surface area (Å²) in [5.74, 6) is -3.73. The van der Waals surface area contributed by atoms with E-state index in [1.54, 1.807) is 26.8 Å². The molecular formula is C34H51N7O9. The van der Waals surface area contributed by atoms with Crippen LogP contribution in [0.2, 0.25) is 0 Å². The molecule has 0 unspecified atom stereocenters. The quantitative estimate of drug-likeness (QED) is 0.130. The molecule has 2 aromatic rings. The Morgan fingerprint density at radius 1 is 0.620 bits per heavy atom. The van der Waals surface area contributed by atoms with Crippen LogP contribution in [0.15, 0.2) is 54.6 Å². The molecule has 1 heterocycles. The zero-order valence-electron chi connectivity index (χ0n) is 28.7. The molecule has 16 heteroatoms. The molecule has 2 amide bonds. The first kappa shape index (κ1) is 41.7. The maximum Gasteiger partial charge on any atom is 0.317 e. The number of nitrogens with two attached hydrogens (primary N) is 1. The largest absolute Gasteiger partial charge is 0.480 e. The number of hydroxylamine groups is 1. The Kier molecular flexibility index (Phi) is 19.9. The van der Waals surface area contributed by atoms with Gasteiger partial charge in [-0.1, -0.05) is 61.5 Å². The van der Waals surface area contributed by atoms with E-state index in [1.165, 1.54) is 5.56 Å². The number of nitrogens with one attached hydrogen (secondary N) is 2. The smallest absolute Gasteiger partial charge is 0.317 e. The van der Waals surface area contributed by atoms with E-state index < -0.39 is 23.8 Å². The van der Waals surface area contributed by atoms with Gasteiger partial charge in [0.1, 0.15) is 0 Å². The van der Waals surface area contributed by atoms with Crippen molar-refractivity contribution in [2.45, 2.75) is 26.5 Å².